The molecule has 1 N–H and O–H groups in total. The smallest absolute Gasteiger partial charge is 0.240 e. The highest BCUT2D eigenvalue weighted by Gasteiger charge is 2.13. The zero-order chi connectivity index (χ0) is 17.6. The Labute approximate surface area is 141 Å². The summed E-state index contributed by atoms with van der Waals surface area (Å²) in [6.45, 7) is 2.23. The van der Waals surface area contributed by atoms with E-state index in [1.165, 1.54) is 48.6 Å². The molecule has 0 heterocycles. The first-order chi connectivity index (χ1) is 11.4. The van der Waals surface area contributed by atoms with E-state index >= 15 is 0 Å². The molecule has 0 aliphatic rings. The summed E-state index contributed by atoms with van der Waals surface area (Å²) >= 11 is 0. The topological polar surface area (TPSA) is 63.2 Å². The largest absolute Gasteiger partial charge is 0.289 e. The van der Waals surface area contributed by atoms with E-state index in [1.807, 2.05) is 6.92 Å². The number of sulfonamides is 1. The summed E-state index contributed by atoms with van der Waals surface area (Å²) in [6.07, 6.45) is 3.53. The summed E-state index contributed by atoms with van der Waals surface area (Å²) in [6, 6.07) is 11.6. The lowest BCUT2D eigenvalue weighted by Crippen LogP contribution is -2.24. The Hall–Kier alpha value is -2.31. The SMILES string of the molecule is CCCNS(=O)(=O)c1ccc(C(=O)C=Cc2cccc(F)c2)cc1. The molecule has 0 bridgehead atoms. The molecule has 0 radical (unpaired) electrons. The van der Waals surface area contributed by atoms with E-state index in [0.717, 1.165) is 0 Å². The molecular weight excluding hydrogens is 329 g/mol. The fraction of sp³-hybridized carbons (Fsp3) is 0.167. The van der Waals surface area contributed by atoms with E-state index in [-0.39, 0.29) is 16.5 Å². The summed E-state index contributed by atoms with van der Waals surface area (Å²) in [7, 11) is -3.55. The van der Waals surface area contributed by atoms with Gasteiger partial charge in [-0.25, -0.2) is 17.5 Å². The molecule has 0 fully saturated rings. The van der Waals surface area contributed by atoms with Gasteiger partial charge in [0.1, 0.15) is 5.82 Å². The zero-order valence-corrected chi connectivity index (χ0v) is 14.0. The van der Waals surface area contributed by atoms with Crippen LogP contribution in [0.25, 0.3) is 6.08 Å². The van der Waals surface area contributed by atoms with Crippen LogP contribution in [0, 0.1) is 5.82 Å². The van der Waals surface area contributed by atoms with Gasteiger partial charge in [-0.15, -0.1) is 0 Å². The molecule has 2 aromatic rings. The molecule has 0 amide bonds. The second kappa shape index (κ2) is 7.99. The van der Waals surface area contributed by atoms with Gasteiger partial charge in [0.25, 0.3) is 0 Å². The van der Waals surface area contributed by atoms with Crippen molar-refractivity contribution < 1.29 is 17.6 Å². The number of hydrogen-bond acceptors (Lipinski definition) is 3. The molecular formula is C18H18FNO3S. The highest BCUT2D eigenvalue weighted by molar-refractivity contribution is 7.89. The maximum Gasteiger partial charge on any atom is 0.240 e. The van der Waals surface area contributed by atoms with Gasteiger partial charge in [-0.05, 0) is 54.5 Å². The summed E-state index contributed by atoms with van der Waals surface area (Å²) in [4.78, 5) is 12.2. The predicted molar refractivity (Wildman–Crippen MR) is 91.7 cm³/mol. The van der Waals surface area contributed by atoms with E-state index in [0.29, 0.717) is 24.1 Å². The average Bonchev–Trinajstić information content (AvgIpc) is 2.58. The van der Waals surface area contributed by atoms with E-state index in [4.69, 9.17) is 0 Å². The Morgan fingerprint density at radius 3 is 2.50 bits per heavy atom. The number of ketones is 1. The first-order valence-corrected chi connectivity index (χ1v) is 8.98. The van der Waals surface area contributed by atoms with Crippen LogP contribution in [0.2, 0.25) is 0 Å². The fourth-order valence-electron chi connectivity index (χ4n) is 2.00. The third-order valence-electron chi connectivity index (χ3n) is 3.27. The first kappa shape index (κ1) is 18.0. The van der Waals surface area contributed by atoms with Crippen molar-refractivity contribution in [3.8, 4) is 0 Å². The van der Waals surface area contributed by atoms with Gasteiger partial charge in [0.2, 0.25) is 10.0 Å². The molecule has 0 saturated heterocycles. The van der Waals surface area contributed by atoms with Crippen molar-refractivity contribution in [2.45, 2.75) is 18.2 Å². The zero-order valence-electron chi connectivity index (χ0n) is 13.2. The molecule has 0 unspecified atom stereocenters. The monoisotopic (exact) mass is 347 g/mol. The van der Waals surface area contributed by atoms with Gasteiger partial charge >= 0.3 is 0 Å². The molecule has 0 spiro atoms. The normalized spacial score (nSPS) is 11.8. The van der Waals surface area contributed by atoms with Crippen LogP contribution < -0.4 is 4.72 Å². The maximum atomic E-state index is 13.1. The molecule has 2 aromatic carbocycles. The molecule has 4 nitrogen and oxygen atoms in total. The molecule has 0 atom stereocenters. The predicted octanol–water partition coefficient (Wildman–Crippen LogP) is 3.41. The van der Waals surface area contributed by atoms with Crippen LogP contribution in [0.5, 0.6) is 0 Å². The van der Waals surface area contributed by atoms with E-state index in [9.17, 15) is 17.6 Å². The van der Waals surface area contributed by atoms with Crippen LogP contribution in [-0.2, 0) is 10.0 Å². The average molecular weight is 347 g/mol. The maximum absolute atomic E-state index is 13.1. The second-order valence-electron chi connectivity index (χ2n) is 5.17. The van der Waals surface area contributed by atoms with E-state index in [1.54, 1.807) is 12.1 Å². The number of benzene rings is 2. The minimum Gasteiger partial charge on any atom is -0.289 e. The molecule has 0 aromatic heterocycles. The standard InChI is InChI=1S/C18H18FNO3S/c1-2-12-20-24(22,23)17-9-7-15(8-10-17)18(21)11-6-14-4-3-5-16(19)13-14/h3-11,13,20H,2,12H2,1H3. The van der Waals surface area contributed by atoms with Gasteiger partial charge in [0, 0.05) is 12.1 Å². The molecule has 6 heteroatoms. The van der Waals surface area contributed by atoms with Gasteiger partial charge in [-0.2, -0.15) is 0 Å². The Kier molecular flexibility index (Phi) is 6.00. The van der Waals surface area contributed by atoms with Crippen molar-refractivity contribution in [2.24, 2.45) is 0 Å². The second-order valence-corrected chi connectivity index (χ2v) is 6.94. The Morgan fingerprint density at radius 2 is 1.88 bits per heavy atom. The van der Waals surface area contributed by atoms with Gasteiger partial charge in [-0.1, -0.05) is 25.1 Å². The van der Waals surface area contributed by atoms with Crippen molar-refractivity contribution in [1.82, 2.24) is 4.72 Å². The molecule has 0 saturated carbocycles. The number of rotatable bonds is 7. The number of allylic oxidation sites excluding steroid dienone is 1. The summed E-state index contributed by atoms with van der Waals surface area (Å²) < 4.78 is 39.5. The number of nitrogens with one attached hydrogen (secondary N) is 1. The summed E-state index contributed by atoms with van der Waals surface area (Å²) in [5, 5.41) is 0. The van der Waals surface area contributed by atoms with Crippen molar-refractivity contribution in [2.75, 3.05) is 6.54 Å². The lowest BCUT2D eigenvalue weighted by molar-refractivity contribution is 0.104. The van der Waals surface area contributed by atoms with Gasteiger partial charge in [-0.3, -0.25) is 4.79 Å². The van der Waals surface area contributed by atoms with Gasteiger partial charge in [0.05, 0.1) is 4.90 Å². The number of carbonyl (C=O) groups is 1. The Bertz CT molecular complexity index is 843. The number of carbonyl (C=O) groups excluding carboxylic acids is 1. The number of hydrogen-bond donors (Lipinski definition) is 1. The van der Waals surface area contributed by atoms with Crippen LogP contribution in [0.15, 0.2) is 59.5 Å². The van der Waals surface area contributed by atoms with E-state index in [2.05, 4.69) is 4.72 Å². The summed E-state index contributed by atoms with van der Waals surface area (Å²) in [5.41, 5.74) is 0.934. The van der Waals surface area contributed by atoms with Crippen molar-refractivity contribution in [3.05, 3.63) is 71.6 Å². The third-order valence-corrected chi connectivity index (χ3v) is 4.74. The fourth-order valence-corrected chi connectivity index (χ4v) is 3.13. The lowest BCUT2D eigenvalue weighted by Gasteiger charge is -2.05. The first-order valence-electron chi connectivity index (χ1n) is 7.50. The van der Waals surface area contributed by atoms with E-state index < -0.39 is 10.0 Å². The minimum absolute atomic E-state index is 0.113. The Morgan fingerprint density at radius 1 is 1.17 bits per heavy atom. The van der Waals surface area contributed by atoms with Crippen LogP contribution in [0.3, 0.4) is 0 Å². The van der Waals surface area contributed by atoms with Crippen LogP contribution in [-0.4, -0.2) is 20.7 Å². The minimum atomic E-state index is -3.55. The van der Waals surface area contributed by atoms with Gasteiger partial charge in [0.15, 0.2) is 5.78 Å². The molecule has 0 aliphatic heterocycles. The number of halogens is 1. The molecule has 24 heavy (non-hydrogen) atoms. The van der Waals surface area contributed by atoms with Crippen molar-refractivity contribution in [3.63, 3.8) is 0 Å². The van der Waals surface area contributed by atoms with Crippen LogP contribution in [0.4, 0.5) is 4.39 Å². The van der Waals surface area contributed by atoms with Gasteiger partial charge < -0.3 is 0 Å². The van der Waals surface area contributed by atoms with Crippen molar-refractivity contribution >= 4 is 21.9 Å². The highest BCUT2D eigenvalue weighted by atomic mass is 32.2. The third kappa shape index (κ3) is 4.84. The lowest BCUT2D eigenvalue weighted by atomic mass is 10.1. The van der Waals surface area contributed by atoms with Crippen molar-refractivity contribution in [1.29, 1.82) is 0 Å². The molecule has 2 rings (SSSR count). The molecule has 126 valence electrons. The Balaban J connectivity index is 2.11. The summed E-state index contributed by atoms with van der Waals surface area (Å²) in [5.74, 6) is -0.663. The highest BCUT2D eigenvalue weighted by Crippen LogP contribution is 2.12. The quantitative estimate of drug-likeness (QED) is 0.617. The van der Waals surface area contributed by atoms with Crippen LogP contribution in [0.1, 0.15) is 29.3 Å². The van der Waals surface area contributed by atoms with Crippen LogP contribution >= 0.6 is 0 Å². The molecule has 0 aliphatic carbocycles.